The van der Waals surface area contributed by atoms with E-state index in [1.807, 2.05) is 61.3 Å². The number of nitrogens with one attached hydrogen (secondary N) is 1. The van der Waals surface area contributed by atoms with Crippen LogP contribution in [0.25, 0.3) is 0 Å². The third-order valence-corrected chi connectivity index (χ3v) is 4.62. The normalized spacial score (nSPS) is 12.0. The maximum Gasteiger partial charge on any atom is 0.179 e. The lowest BCUT2D eigenvalue weighted by Crippen LogP contribution is -2.24. The summed E-state index contributed by atoms with van der Waals surface area (Å²) in [6.45, 7) is 3.06. The van der Waals surface area contributed by atoms with E-state index in [-0.39, 0.29) is 6.04 Å². The quantitative estimate of drug-likeness (QED) is 0.625. The zero-order valence-corrected chi connectivity index (χ0v) is 16.5. The summed E-state index contributed by atoms with van der Waals surface area (Å²) in [6, 6.07) is 14.1. The van der Waals surface area contributed by atoms with Gasteiger partial charge in [0.25, 0.3) is 0 Å². The number of nitrogens with zero attached hydrogens (tertiary/aromatic N) is 2. The SMILES string of the molecule is CCOc1c(Cl)cc(CN[C@H](c2ccccc2)c2nccn2C)cc1OC. The highest BCUT2D eigenvalue weighted by Gasteiger charge is 2.18. The lowest BCUT2D eigenvalue weighted by atomic mass is 10.1. The first-order valence-electron chi connectivity index (χ1n) is 8.88. The first kappa shape index (κ1) is 19.3. The second kappa shape index (κ2) is 8.93. The van der Waals surface area contributed by atoms with Crippen molar-refractivity contribution in [2.45, 2.75) is 19.5 Å². The van der Waals surface area contributed by atoms with E-state index in [4.69, 9.17) is 21.1 Å². The molecule has 1 atom stereocenters. The van der Waals surface area contributed by atoms with E-state index >= 15 is 0 Å². The Morgan fingerprint density at radius 1 is 1.22 bits per heavy atom. The third kappa shape index (κ3) is 4.43. The lowest BCUT2D eigenvalue weighted by Gasteiger charge is -2.20. The molecule has 0 bridgehead atoms. The summed E-state index contributed by atoms with van der Waals surface area (Å²) < 4.78 is 13.1. The highest BCUT2D eigenvalue weighted by Crippen LogP contribution is 2.36. The van der Waals surface area contributed by atoms with E-state index in [1.54, 1.807) is 7.11 Å². The minimum Gasteiger partial charge on any atom is -0.493 e. The summed E-state index contributed by atoms with van der Waals surface area (Å²) in [5, 5.41) is 4.13. The zero-order valence-electron chi connectivity index (χ0n) is 15.8. The summed E-state index contributed by atoms with van der Waals surface area (Å²) in [4.78, 5) is 4.52. The van der Waals surface area contributed by atoms with Gasteiger partial charge >= 0.3 is 0 Å². The van der Waals surface area contributed by atoms with Crippen LogP contribution in [-0.2, 0) is 13.6 Å². The van der Waals surface area contributed by atoms with Gasteiger partial charge in [-0.2, -0.15) is 0 Å². The van der Waals surface area contributed by atoms with Gasteiger partial charge in [0, 0.05) is 26.0 Å². The standard InChI is InChI=1S/C21H24ClN3O2/c1-4-27-20-17(22)12-15(13-18(20)26-3)14-24-19(16-8-6-5-7-9-16)21-23-10-11-25(21)2/h5-13,19,24H,4,14H2,1-3H3/t19-/m1/s1. The number of hydrogen-bond donors (Lipinski definition) is 1. The lowest BCUT2D eigenvalue weighted by molar-refractivity contribution is 0.311. The monoisotopic (exact) mass is 385 g/mol. The fraction of sp³-hybridized carbons (Fsp3) is 0.286. The van der Waals surface area contributed by atoms with Crippen LogP contribution in [0.2, 0.25) is 5.02 Å². The summed E-state index contributed by atoms with van der Waals surface area (Å²) >= 11 is 6.40. The zero-order chi connectivity index (χ0) is 19.2. The first-order chi connectivity index (χ1) is 13.1. The molecule has 0 fully saturated rings. The molecule has 1 heterocycles. The van der Waals surface area contributed by atoms with Gasteiger partial charge in [-0.3, -0.25) is 5.32 Å². The Morgan fingerprint density at radius 2 is 2.00 bits per heavy atom. The second-order valence-corrected chi connectivity index (χ2v) is 6.57. The molecule has 1 aromatic heterocycles. The number of methoxy groups -OCH3 is 1. The summed E-state index contributed by atoms with van der Waals surface area (Å²) in [5.41, 5.74) is 2.16. The molecule has 0 amide bonds. The summed E-state index contributed by atoms with van der Waals surface area (Å²) in [5.74, 6) is 2.16. The van der Waals surface area contributed by atoms with Crippen LogP contribution in [0.15, 0.2) is 54.9 Å². The van der Waals surface area contributed by atoms with Crippen LogP contribution in [0.4, 0.5) is 0 Å². The van der Waals surface area contributed by atoms with E-state index in [1.165, 1.54) is 0 Å². The Hall–Kier alpha value is -2.50. The second-order valence-electron chi connectivity index (χ2n) is 6.16. The van der Waals surface area contributed by atoms with Gasteiger partial charge in [-0.05, 0) is 30.2 Å². The number of halogens is 1. The van der Waals surface area contributed by atoms with Gasteiger partial charge in [-0.15, -0.1) is 0 Å². The van der Waals surface area contributed by atoms with E-state index in [9.17, 15) is 0 Å². The smallest absolute Gasteiger partial charge is 0.179 e. The maximum absolute atomic E-state index is 6.40. The van der Waals surface area contributed by atoms with Crippen molar-refractivity contribution in [1.29, 1.82) is 0 Å². The Balaban J connectivity index is 1.86. The van der Waals surface area contributed by atoms with Crippen LogP contribution in [0.5, 0.6) is 11.5 Å². The number of aryl methyl sites for hydroxylation is 1. The molecule has 5 nitrogen and oxygen atoms in total. The largest absolute Gasteiger partial charge is 0.493 e. The summed E-state index contributed by atoms with van der Waals surface area (Å²) in [7, 11) is 3.61. The molecule has 3 aromatic rings. The highest BCUT2D eigenvalue weighted by molar-refractivity contribution is 6.32. The summed E-state index contributed by atoms with van der Waals surface area (Å²) in [6.07, 6.45) is 3.76. The van der Waals surface area contributed by atoms with Crippen molar-refractivity contribution in [1.82, 2.24) is 14.9 Å². The molecule has 0 unspecified atom stereocenters. The minimum atomic E-state index is -0.0393. The van der Waals surface area contributed by atoms with Crippen molar-refractivity contribution >= 4 is 11.6 Å². The molecule has 1 N–H and O–H groups in total. The minimum absolute atomic E-state index is 0.0393. The molecular weight excluding hydrogens is 362 g/mol. The third-order valence-electron chi connectivity index (χ3n) is 4.34. The van der Waals surface area contributed by atoms with Crippen LogP contribution in [0.1, 0.15) is 29.9 Å². The molecule has 0 saturated heterocycles. The van der Waals surface area contributed by atoms with Crippen molar-refractivity contribution in [2.75, 3.05) is 13.7 Å². The molecule has 6 heteroatoms. The van der Waals surface area contributed by atoms with Crippen LogP contribution >= 0.6 is 11.6 Å². The van der Waals surface area contributed by atoms with Crippen LogP contribution in [-0.4, -0.2) is 23.3 Å². The van der Waals surface area contributed by atoms with Crippen molar-refractivity contribution < 1.29 is 9.47 Å². The van der Waals surface area contributed by atoms with Gasteiger partial charge in [-0.25, -0.2) is 4.98 Å². The van der Waals surface area contributed by atoms with E-state index < -0.39 is 0 Å². The fourth-order valence-electron chi connectivity index (χ4n) is 3.04. The fourth-order valence-corrected chi connectivity index (χ4v) is 3.33. The predicted octanol–water partition coefficient (Wildman–Crippen LogP) is 4.36. The maximum atomic E-state index is 6.40. The van der Waals surface area contributed by atoms with Gasteiger partial charge in [0.2, 0.25) is 0 Å². The number of imidazole rings is 1. The Morgan fingerprint density at radius 3 is 2.63 bits per heavy atom. The van der Waals surface area contributed by atoms with Gasteiger partial charge < -0.3 is 14.0 Å². The Bertz CT molecular complexity index is 880. The van der Waals surface area contributed by atoms with Crippen molar-refractivity contribution in [3.05, 3.63) is 76.8 Å². The molecule has 3 rings (SSSR count). The van der Waals surface area contributed by atoms with E-state index in [2.05, 4.69) is 22.4 Å². The molecule has 0 radical (unpaired) electrons. The topological polar surface area (TPSA) is 48.3 Å². The highest BCUT2D eigenvalue weighted by atomic mass is 35.5. The number of hydrogen-bond acceptors (Lipinski definition) is 4. The first-order valence-corrected chi connectivity index (χ1v) is 9.26. The molecule has 142 valence electrons. The van der Waals surface area contributed by atoms with E-state index in [0.717, 1.165) is 17.0 Å². The molecular formula is C21H24ClN3O2. The Labute approximate surface area is 164 Å². The number of rotatable bonds is 8. The number of aromatic nitrogens is 2. The van der Waals surface area contributed by atoms with Crippen LogP contribution in [0.3, 0.4) is 0 Å². The predicted molar refractivity (Wildman–Crippen MR) is 108 cm³/mol. The number of ether oxygens (including phenoxy) is 2. The average molecular weight is 386 g/mol. The van der Waals surface area contributed by atoms with Crippen molar-refractivity contribution in [3.63, 3.8) is 0 Å². The average Bonchev–Trinajstić information content (AvgIpc) is 3.10. The Kier molecular flexibility index (Phi) is 6.37. The van der Waals surface area contributed by atoms with E-state index in [0.29, 0.717) is 29.7 Å². The van der Waals surface area contributed by atoms with Gasteiger partial charge in [0.1, 0.15) is 5.82 Å². The molecule has 27 heavy (non-hydrogen) atoms. The number of benzene rings is 2. The van der Waals surface area contributed by atoms with Crippen LogP contribution in [0, 0.1) is 0 Å². The molecule has 0 aliphatic heterocycles. The van der Waals surface area contributed by atoms with Gasteiger partial charge in [-0.1, -0.05) is 41.9 Å². The molecule has 0 aliphatic carbocycles. The molecule has 0 aliphatic rings. The van der Waals surface area contributed by atoms with Gasteiger partial charge in [0.15, 0.2) is 11.5 Å². The van der Waals surface area contributed by atoms with Crippen molar-refractivity contribution in [2.24, 2.45) is 7.05 Å². The van der Waals surface area contributed by atoms with Gasteiger partial charge in [0.05, 0.1) is 24.8 Å². The molecule has 0 saturated carbocycles. The van der Waals surface area contributed by atoms with Crippen molar-refractivity contribution in [3.8, 4) is 11.5 Å². The molecule has 2 aromatic carbocycles. The van der Waals surface area contributed by atoms with Crippen LogP contribution < -0.4 is 14.8 Å². The molecule has 0 spiro atoms.